The summed E-state index contributed by atoms with van der Waals surface area (Å²) < 4.78 is 31.8. The summed E-state index contributed by atoms with van der Waals surface area (Å²) in [6.45, 7) is -0.706. The van der Waals surface area contributed by atoms with Gasteiger partial charge in [0.1, 0.15) is 11.8 Å². The van der Waals surface area contributed by atoms with Crippen LogP contribution >= 0.6 is 11.6 Å². The van der Waals surface area contributed by atoms with Crippen molar-refractivity contribution >= 4 is 33.2 Å². The van der Waals surface area contributed by atoms with Crippen LogP contribution in [0.25, 0.3) is 0 Å². The Balaban J connectivity index is 2.12. The minimum absolute atomic E-state index is 0.0652. The Morgan fingerprint density at radius 2 is 1.92 bits per heavy atom. The summed E-state index contributed by atoms with van der Waals surface area (Å²) in [5, 5.41) is 12.3. The molecule has 1 amide bonds. The van der Waals surface area contributed by atoms with E-state index >= 15 is 0 Å². The number of hydrogen-bond donors (Lipinski definition) is 3. The Morgan fingerprint density at radius 3 is 2.52 bits per heavy atom. The van der Waals surface area contributed by atoms with Gasteiger partial charge in [-0.15, -0.1) is 0 Å². The van der Waals surface area contributed by atoms with Crippen LogP contribution in [0.2, 0.25) is 5.02 Å². The monoisotopic (exact) mass is 384 g/mol. The maximum Gasteiger partial charge on any atom is 0.244 e. The van der Waals surface area contributed by atoms with Crippen molar-refractivity contribution in [2.24, 2.45) is 0 Å². The second kappa shape index (κ2) is 8.30. The lowest BCUT2D eigenvalue weighted by atomic mass is 10.2. The quantitative estimate of drug-likeness (QED) is 0.673. The highest BCUT2D eigenvalue weighted by atomic mass is 35.5. The zero-order valence-corrected chi connectivity index (χ0v) is 14.8. The predicted molar refractivity (Wildman–Crippen MR) is 94.3 cm³/mol. The average molecular weight is 385 g/mol. The third kappa shape index (κ3) is 5.17. The van der Waals surface area contributed by atoms with Crippen molar-refractivity contribution in [3.8, 4) is 5.75 Å². The summed E-state index contributed by atoms with van der Waals surface area (Å²) in [4.78, 5) is 12.2. The van der Waals surface area contributed by atoms with E-state index in [9.17, 15) is 18.3 Å². The van der Waals surface area contributed by atoms with Gasteiger partial charge >= 0.3 is 0 Å². The summed E-state index contributed by atoms with van der Waals surface area (Å²) in [5.41, 5.74) is 0.411. The van der Waals surface area contributed by atoms with Crippen molar-refractivity contribution in [2.45, 2.75) is 10.9 Å². The van der Waals surface area contributed by atoms with E-state index < -0.39 is 28.6 Å². The Bertz CT molecular complexity index is 840. The molecule has 2 rings (SSSR count). The van der Waals surface area contributed by atoms with E-state index in [4.69, 9.17) is 16.3 Å². The lowest BCUT2D eigenvalue weighted by molar-refractivity contribution is -0.118. The van der Waals surface area contributed by atoms with Gasteiger partial charge in [-0.25, -0.2) is 8.42 Å². The Labute approximate surface area is 150 Å². The molecule has 0 saturated carbocycles. The first-order chi connectivity index (χ1) is 11.9. The van der Waals surface area contributed by atoms with Gasteiger partial charge in [0.25, 0.3) is 0 Å². The first kappa shape index (κ1) is 19.2. The molecular weight excluding hydrogens is 368 g/mol. The highest BCUT2D eigenvalue weighted by molar-refractivity contribution is 7.89. The Morgan fingerprint density at radius 1 is 1.24 bits per heavy atom. The number of benzene rings is 2. The number of ether oxygens (including phenoxy) is 1. The number of anilines is 1. The molecule has 2 aromatic rings. The minimum Gasteiger partial charge on any atom is -0.497 e. The van der Waals surface area contributed by atoms with Crippen LogP contribution in [0.3, 0.4) is 0 Å². The third-order valence-corrected chi connectivity index (χ3v) is 5.00. The number of carbonyl (C=O) groups is 1. The number of aliphatic hydroxyl groups is 1. The summed E-state index contributed by atoms with van der Waals surface area (Å²) >= 11 is 5.73. The molecule has 3 N–H and O–H groups in total. The smallest absolute Gasteiger partial charge is 0.244 e. The fourth-order valence-electron chi connectivity index (χ4n) is 1.97. The summed E-state index contributed by atoms with van der Waals surface area (Å²) in [7, 11) is -2.51. The molecule has 0 radical (unpaired) electrons. The highest BCUT2D eigenvalue weighted by Gasteiger charge is 2.25. The zero-order chi connectivity index (χ0) is 18.4. The predicted octanol–water partition coefficient (Wildman–Crippen LogP) is 1.63. The number of aliphatic hydroxyl groups excluding tert-OH is 1. The van der Waals surface area contributed by atoms with Gasteiger partial charge in [-0.05, 0) is 36.4 Å². The molecule has 9 heteroatoms. The first-order valence-electron chi connectivity index (χ1n) is 7.19. The molecule has 0 aliphatic carbocycles. The lowest BCUT2D eigenvalue weighted by Gasteiger charge is -2.16. The minimum atomic E-state index is -3.99. The van der Waals surface area contributed by atoms with Crippen molar-refractivity contribution in [1.82, 2.24) is 4.72 Å². The van der Waals surface area contributed by atoms with Gasteiger partial charge in [0, 0.05) is 16.8 Å². The molecular formula is C16H17ClN2O5S. The SMILES string of the molecule is COc1cccc(NC(=O)C(CO)NS(=O)(=O)c2ccc(Cl)cc2)c1. The van der Waals surface area contributed by atoms with Crippen LogP contribution in [0.5, 0.6) is 5.75 Å². The lowest BCUT2D eigenvalue weighted by Crippen LogP contribution is -2.46. The molecule has 134 valence electrons. The van der Waals surface area contributed by atoms with E-state index in [2.05, 4.69) is 10.0 Å². The van der Waals surface area contributed by atoms with Crippen LogP contribution in [0.15, 0.2) is 53.4 Å². The number of hydrogen-bond acceptors (Lipinski definition) is 5. The standard InChI is InChI=1S/C16H17ClN2O5S/c1-24-13-4-2-3-12(9-13)18-16(21)15(10-20)19-25(22,23)14-7-5-11(17)6-8-14/h2-9,15,19-20H,10H2,1H3,(H,18,21). The fourth-order valence-corrected chi connectivity index (χ4v) is 3.29. The second-order valence-electron chi connectivity index (χ2n) is 5.03. The zero-order valence-electron chi connectivity index (χ0n) is 13.3. The number of methoxy groups -OCH3 is 1. The number of halogens is 1. The maximum absolute atomic E-state index is 12.3. The fraction of sp³-hybridized carbons (Fsp3) is 0.188. The van der Waals surface area contributed by atoms with Crippen LogP contribution in [0, 0.1) is 0 Å². The summed E-state index contributed by atoms with van der Waals surface area (Å²) in [5.74, 6) is -0.173. The molecule has 0 saturated heterocycles. The third-order valence-electron chi connectivity index (χ3n) is 3.26. The van der Waals surface area contributed by atoms with Crippen molar-refractivity contribution in [2.75, 3.05) is 19.0 Å². The molecule has 0 spiro atoms. The van der Waals surface area contributed by atoms with E-state index in [1.54, 1.807) is 24.3 Å². The number of nitrogens with one attached hydrogen (secondary N) is 2. The van der Waals surface area contributed by atoms with Gasteiger partial charge in [-0.3, -0.25) is 4.79 Å². The van der Waals surface area contributed by atoms with Crippen LogP contribution in [0.1, 0.15) is 0 Å². The molecule has 1 atom stereocenters. The summed E-state index contributed by atoms with van der Waals surface area (Å²) in [6.07, 6.45) is 0. The van der Waals surface area contributed by atoms with Gasteiger partial charge in [0.2, 0.25) is 15.9 Å². The molecule has 0 aromatic heterocycles. The normalized spacial score (nSPS) is 12.4. The molecule has 0 fully saturated rings. The molecule has 1 unspecified atom stereocenters. The molecule has 7 nitrogen and oxygen atoms in total. The number of rotatable bonds is 7. The molecule has 25 heavy (non-hydrogen) atoms. The first-order valence-corrected chi connectivity index (χ1v) is 9.05. The Kier molecular flexibility index (Phi) is 6.38. The van der Waals surface area contributed by atoms with E-state index in [0.717, 1.165) is 0 Å². The van der Waals surface area contributed by atoms with Gasteiger partial charge in [0.05, 0.1) is 18.6 Å². The highest BCUT2D eigenvalue weighted by Crippen LogP contribution is 2.17. The maximum atomic E-state index is 12.3. The van der Waals surface area contributed by atoms with Crippen molar-refractivity contribution in [1.29, 1.82) is 0 Å². The average Bonchev–Trinajstić information content (AvgIpc) is 2.60. The van der Waals surface area contributed by atoms with E-state index in [1.165, 1.54) is 31.4 Å². The topological polar surface area (TPSA) is 105 Å². The van der Waals surface area contributed by atoms with Crippen LogP contribution in [0.4, 0.5) is 5.69 Å². The van der Waals surface area contributed by atoms with E-state index in [-0.39, 0.29) is 4.90 Å². The van der Waals surface area contributed by atoms with Gasteiger partial charge in [-0.2, -0.15) is 4.72 Å². The Hall–Kier alpha value is -2.13. The van der Waals surface area contributed by atoms with Gasteiger partial charge in [0.15, 0.2) is 0 Å². The van der Waals surface area contributed by atoms with Gasteiger partial charge < -0.3 is 15.2 Å². The van der Waals surface area contributed by atoms with Crippen LogP contribution < -0.4 is 14.8 Å². The second-order valence-corrected chi connectivity index (χ2v) is 7.18. The molecule has 0 heterocycles. The van der Waals surface area contributed by atoms with Gasteiger partial charge in [-0.1, -0.05) is 17.7 Å². The largest absolute Gasteiger partial charge is 0.497 e. The van der Waals surface area contributed by atoms with Crippen molar-refractivity contribution < 1.29 is 23.1 Å². The van der Waals surface area contributed by atoms with Crippen LogP contribution in [-0.4, -0.2) is 39.2 Å². The van der Waals surface area contributed by atoms with Crippen LogP contribution in [-0.2, 0) is 14.8 Å². The van der Waals surface area contributed by atoms with Crippen molar-refractivity contribution in [3.63, 3.8) is 0 Å². The molecule has 0 aliphatic rings. The molecule has 0 aliphatic heterocycles. The number of amides is 1. The number of sulfonamides is 1. The number of carbonyl (C=O) groups excluding carboxylic acids is 1. The molecule has 2 aromatic carbocycles. The summed E-state index contributed by atoms with van der Waals surface area (Å²) in [6, 6.07) is 10.6. The van der Waals surface area contributed by atoms with E-state index in [0.29, 0.717) is 16.5 Å². The van der Waals surface area contributed by atoms with E-state index in [1.807, 2.05) is 0 Å². The van der Waals surface area contributed by atoms with Crippen molar-refractivity contribution in [3.05, 3.63) is 53.6 Å². The molecule has 0 bridgehead atoms.